The van der Waals surface area contributed by atoms with Crippen molar-refractivity contribution in [3.05, 3.63) is 17.8 Å². The van der Waals surface area contributed by atoms with Crippen LogP contribution in [0.1, 0.15) is 12.5 Å². The third-order valence-corrected chi connectivity index (χ3v) is 1.55. The van der Waals surface area contributed by atoms with Crippen molar-refractivity contribution in [1.82, 2.24) is 4.98 Å². The number of aromatic nitrogens is 1. The molecule has 1 aromatic heterocycles. The van der Waals surface area contributed by atoms with E-state index in [0.29, 0.717) is 5.82 Å². The maximum Gasteiger partial charge on any atom is 0.153 e. The Morgan fingerprint density at radius 2 is 2.45 bits per heavy atom. The molecule has 0 aliphatic heterocycles. The van der Waals surface area contributed by atoms with E-state index < -0.39 is 0 Å². The highest BCUT2D eigenvalue weighted by Crippen LogP contribution is 2.16. The molecule has 0 spiro atoms. The molecule has 58 valence electrons. The third-order valence-electron chi connectivity index (χ3n) is 1.55. The summed E-state index contributed by atoms with van der Waals surface area (Å²) >= 11 is 0. The summed E-state index contributed by atoms with van der Waals surface area (Å²) in [5.74, 6) is 0.583. The lowest BCUT2D eigenvalue weighted by Gasteiger charge is -2.01. The molecule has 0 fully saturated rings. The number of hydrogen-bond donors (Lipinski definition) is 1. The fourth-order valence-electron chi connectivity index (χ4n) is 0.870. The molecule has 2 N–H and O–H groups in total. The Balaban J connectivity index is 3.09. The van der Waals surface area contributed by atoms with Gasteiger partial charge in [-0.2, -0.15) is 0 Å². The zero-order valence-corrected chi connectivity index (χ0v) is 6.54. The van der Waals surface area contributed by atoms with E-state index >= 15 is 0 Å². The fraction of sp³-hybridized carbons (Fsp3) is 0.250. The van der Waals surface area contributed by atoms with E-state index in [1.807, 2.05) is 6.92 Å². The minimum absolute atomic E-state index is 0.583. The minimum atomic E-state index is 0.583. The van der Waals surface area contributed by atoms with Gasteiger partial charge in [0, 0.05) is 18.0 Å². The summed E-state index contributed by atoms with van der Waals surface area (Å²) in [6, 6.07) is 1.73. The number of nitrogens with zero attached hydrogens (tertiary/aromatic N) is 2. The van der Waals surface area contributed by atoms with Crippen LogP contribution < -0.4 is 5.73 Å². The average molecular weight is 149 g/mol. The van der Waals surface area contributed by atoms with E-state index in [9.17, 15) is 0 Å². The monoisotopic (exact) mass is 149 g/mol. The number of nitrogens with two attached hydrogens (primary N) is 1. The molecule has 11 heavy (non-hydrogen) atoms. The first-order chi connectivity index (χ1) is 5.27. The number of nitrogen functional groups attached to an aromatic ring is 1. The second-order valence-electron chi connectivity index (χ2n) is 2.25. The van der Waals surface area contributed by atoms with Crippen molar-refractivity contribution in [2.45, 2.75) is 13.3 Å². The largest absolute Gasteiger partial charge is 0.398 e. The highest BCUT2D eigenvalue weighted by atomic mass is 14.9. The molecule has 1 rings (SSSR count). The molecule has 0 aliphatic rings. The van der Waals surface area contributed by atoms with Gasteiger partial charge in [0.25, 0.3) is 0 Å². The smallest absolute Gasteiger partial charge is 0.153 e. The molecule has 1 heterocycles. The average Bonchev–Trinajstić information content (AvgIpc) is 2.04. The molecule has 3 heteroatoms. The molecular weight excluding hydrogens is 138 g/mol. The quantitative estimate of drug-likeness (QED) is 0.649. The van der Waals surface area contributed by atoms with Crippen LogP contribution in [0.5, 0.6) is 0 Å². The van der Waals surface area contributed by atoms with Crippen molar-refractivity contribution < 1.29 is 0 Å². The lowest BCUT2D eigenvalue weighted by atomic mass is 10.2. The Morgan fingerprint density at radius 3 is 2.91 bits per heavy atom. The predicted molar refractivity (Wildman–Crippen MR) is 47.2 cm³/mol. The van der Waals surface area contributed by atoms with Crippen molar-refractivity contribution in [2.24, 2.45) is 4.99 Å². The molecular formula is C8H11N3. The van der Waals surface area contributed by atoms with E-state index in [1.54, 1.807) is 12.3 Å². The highest BCUT2D eigenvalue weighted by molar-refractivity contribution is 5.53. The lowest BCUT2D eigenvalue weighted by Crippen LogP contribution is -1.93. The summed E-state index contributed by atoms with van der Waals surface area (Å²) in [4.78, 5) is 7.69. The summed E-state index contributed by atoms with van der Waals surface area (Å²) in [6.07, 6.45) is 2.63. The van der Waals surface area contributed by atoms with Gasteiger partial charge in [-0.1, -0.05) is 6.92 Å². The summed E-state index contributed by atoms with van der Waals surface area (Å²) in [6.45, 7) is 5.40. The molecule has 0 bridgehead atoms. The van der Waals surface area contributed by atoms with Gasteiger partial charge < -0.3 is 5.73 Å². The second-order valence-corrected chi connectivity index (χ2v) is 2.25. The summed E-state index contributed by atoms with van der Waals surface area (Å²) in [7, 11) is 0. The number of aliphatic imine (C=N–C) groups is 1. The minimum Gasteiger partial charge on any atom is -0.398 e. The van der Waals surface area contributed by atoms with Gasteiger partial charge in [-0.05, 0) is 18.7 Å². The van der Waals surface area contributed by atoms with Gasteiger partial charge >= 0.3 is 0 Å². The molecule has 0 saturated heterocycles. The van der Waals surface area contributed by atoms with Gasteiger partial charge in [-0.25, -0.2) is 9.98 Å². The van der Waals surface area contributed by atoms with Crippen LogP contribution in [0.15, 0.2) is 17.3 Å². The maximum absolute atomic E-state index is 5.68. The van der Waals surface area contributed by atoms with Crippen LogP contribution in [0.3, 0.4) is 0 Å². The Labute approximate surface area is 66.0 Å². The predicted octanol–water partition coefficient (Wildman–Crippen LogP) is 1.56. The van der Waals surface area contributed by atoms with E-state index in [2.05, 4.69) is 16.7 Å². The van der Waals surface area contributed by atoms with Crippen LogP contribution in [-0.4, -0.2) is 11.7 Å². The molecule has 3 nitrogen and oxygen atoms in total. The molecule has 1 aromatic rings. The number of hydrogen-bond acceptors (Lipinski definition) is 3. The highest BCUT2D eigenvalue weighted by Gasteiger charge is 1.97. The molecule has 0 radical (unpaired) electrons. The van der Waals surface area contributed by atoms with Gasteiger partial charge in [0.2, 0.25) is 0 Å². The summed E-state index contributed by atoms with van der Waals surface area (Å²) in [5, 5.41) is 0. The standard InChI is InChI=1S/C8H11N3/c1-3-6-5-11-8(10-2)4-7(6)9/h4-5H,2-3H2,1H3,(H2,9,11). The zero-order valence-electron chi connectivity index (χ0n) is 6.54. The molecule has 0 aromatic carbocycles. The van der Waals surface area contributed by atoms with Gasteiger partial charge in [0.1, 0.15) is 0 Å². The first kappa shape index (κ1) is 7.72. The molecule has 0 saturated carbocycles. The number of anilines is 1. The Bertz CT molecular complexity index is 268. The van der Waals surface area contributed by atoms with Crippen LogP contribution in [0.2, 0.25) is 0 Å². The Hall–Kier alpha value is -1.38. The van der Waals surface area contributed by atoms with Gasteiger partial charge in [-0.3, -0.25) is 0 Å². The Morgan fingerprint density at radius 1 is 1.73 bits per heavy atom. The number of rotatable bonds is 2. The first-order valence-electron chi connectivity index (χ1n) is 3.49. The normalized spacial score (nSPS) is 9.55. The van der Waals surface area contributed by atoms with E-state index in [1.165, 1.54) is 0 Å². The van der Waals surface area contributed by atoms with Crippen molar-refractivity contribution in [3.63, 3.8) is 0 Å². The van der Waals surface area contributed by atoms with Crippen LogP contribution in [0.25, 0.3) is 0 Å². The first-order valence-corrected chi connectivity index (χ1v) is 3.49. The SMILES string of the molecule is C=Nc1cc(N)c(CC)cn1. The van der Waals surface area contributed by atoms with Crippen LogP contribution in [0, 0.1) is 0 Å². The van der Waals surface area contributed by atoms with E-state index in [0.717, 1.165) is 17.7 Å². The second kappa shape index (κ2) is 3.14. The van der Waals surface area contributed by atoms with Crippen LogP contribution in [0.4, 0.5) is 11.5 Å². The van der Waals surface area contributed by atoms with Crippen molar-refractivity contribution in [1.29, 1.82) is 0 Å². The van der Waals surface area contributed by atoms with Crippen LogP contribution >= 0.6 is 0 Å². The molecule has 0 atom stereocenters. The Kier molecular flexibility index (Phi) is 2.21. The van der Waals surface area contributed by atoms with Crippen molar-refractivity contribution in [2.75, 3.05) is 5.73 Å². The lowest BCUT2D eigenvalue weighted by molar-refractivity contribution is 1.11. The maximum atomic E-state index is 5.68. The third kappa shape index (κ3) is 1.55. The molecule has 0 unspecified atom stereocenters. The van der Waals surface area contributed by atoms with E-state index in [-0.39, 0.29) is 0 Å². The van der Waals surface area contributed by atoms with Crippen molar-refractivity contribution >= 4 is 18.2 Å². The fourth-order valence-corrected chi connectivity index (χ4v) is 0.870. The zero-order chi connectivity index (χ0) is 8.27. The summed E-state index contributed by atoms with van der Waals surface area (Å²) < 4.78 is 0. The topological polar surface area (TPSA) is 51.3 Å². The molecule has 0 aliphatic carbocycles. The summed E-state index contributed by atoms with van der Waals surface area (Å²) in [5.41, 5.74) is 7.47. The van der Waals surface area contributed by atoms with Gasteiger partial charge in [0.15, 0.2) is 5.82 Å². The number of aryl methyl sites for hydroxylation is 1. The van der Waals surface area contributed by atoms with E-state index in [4.69, 9.17) is 5.73 Å². The van der Waals surface area contributed by atoms with Crippen LogP contribution in [-0.2, 0) is 6.42 Å². The van der Waals surface area contributed by atoms with Crippen molar-refractivity contribution in [3.8, 4) is 0 Å². The number of pyridine rings is 1. The van der Waals surface area contributed by atoms with Gasteiger partial charge in [0.05, 0.1) is 0 Å². The molecule has 0 amide bonds. The van der Waals surface area contributed by atoms with Gasteiger partial charge in [-0.15, -0.1) is 0 Å².